The molecule has 0 aliphatic rings. The molecule has 0 aromatic carbocycles. The maximum Gasteiger partial charge on any atom is 0.222 e. The van der Waals surface area contributed by atoms with Gasteiger partial charge < -0.3 is 5.32 Å². The molecule has 0 aliphatic carbocycles. The predicted octanol–water partition coefficient (Wildman–Crippen LogP) is 0.291. The Kier molecular flexibility index (Phi) is 4.11. The van der Waals surface area contributed by atoms with Crippen LogP contribution in [-0.2, 0) is 18.4 Å². The van der Waals surface area contributed by atoms with E-state index in [2.05, 4.69) is 25.9 Å². The standard InChI is InChI=1S/C12H19N7O/c1-8(12-9(2)15-18(4)10(12)3)14-11(20)5-6-19-7-13-16-17-19/h7-8H,5-6H2,1-4H3,(H,14,20)/t8-/m0/s1. The van der Waals surface area contributed by atoms with Gasteiger partial charge in [-0.3, -0.25) is 9.48 Å². The minimum Gasteiger partial charge on any atom is -0.349 e. The van der Waals surface area contributed by atoms with Crippen LogP contribution < -0.4 is 5.32 Å². The van der Waals surface area contributed by atoms with Gasteiger partial charge in [-0.15, -0.1) is 5.10 Å². The molecule has 1 atom stereocenters. The molecule has 2 rings (SSSR count). The summed E-state index contributed by atoms with van der Waals surface area (Å²) in [6.45, 7) is 6.38. The van der Waals surface area contributed by atoms with Crippen LogP contribution in [0.2, 0.25) is 0 Å². The van der Waals surface area contributed by atoms with Crippen LogP contribution in [0.15, 0.2) is 6.33 Å². The summed E-state index contributed by atoms with van der Waals surface area (Å²) in [4.78, 5) is 11.9. The highest BCUT2D eigenvalue weighted by Gasteiger charge is 2.17. The summed E-state index contributed by atoms with van der Waals surface area (Å²) in [6, 6.07) is -0.0647. The van der Waals surface area contributed by atoms with Crippen molar-refractivity contribution in [2.75, 3.05) is 0 Å². The van der Waals surface area contributed by atoms with Crippen molar-refractivity contribution in [1.29, 1.82) is 0 Å². The Balaban J connectivity index is 1.93. The largest absolute Gasteiger partial charge is 0.349 e. The molecule has 1 amide bonds. The van der Waals surface area contributed by atoms with Crippen molar-refractivity contribution in [3.05, 3.63) is 23.3 Å². The van der Waals surface area contributed by atoms with Crippen LogP contribution in [0, 0.1) is 13.8 Å². The van der Waals surface area contributed by atoms with E-state index in [1.165, 1.54) is 11.0 Å². The number of hydrogen-bond acceptors (Lipinski definition) is 5. The summed E-state index contributed by atoms with van der Waals surface area (Å²) in [5.74, 6) is -0.0318. The van der Waals surface area contributed by atoms with E-state index in [1.807, 2.05) is 32.5 Å². The Morgan fingerprint density at radius 1 is 1.45 bits per heavy atom. The topological polar surface area (TPSA) is 90.5 Å². The van der Waals surface area contributed by atoms with Gasteiger partial charge in [-0.25, -0.2) is 4.68 Å². The Morgan fingerprint density at radius 3 is 2.75 bits per heavy atom. The van der Waals surface area contributed by atoms with Gasteiger partial charge in [0.1, 0.15) is 6.33 Å². The molecule has 0 saturated heterocycles. The fraction of sp³-hybridized carbons (Fsp3) is 0.583. The van der Waals surface area contributed by atoms with Crippen LogP contribution in [0.4, 0.5) is 0 Å². The third-order valence-corrected chi connectivity index (χ3v) is 3.33. The molecule has 8 heteroatoms. The first-order valence-corrected chi connectivity index (χ1v) is 6.49. The first kappa shape index (κ1) is 14.2. The lowest BCUT2D eigenvalue weighted by atomic mass is 10.1. The van der Waals surface area contributed by atoms with E-state index in [4.69, 9.17) is 0 Å². The smallest absolute Gasteiger partial charge is 0.222 e. The average Bonchev–Trinajstić information content (AvgIpc) is 2.96. The van der Waals surface area contributed by atoms with Gasteiger partial charge in [0.15, 0.2) is 0 Å². The second kappa shape index (κ2) is 5.81. The Hall–Kier alpha value is -2.25. The minimum absolute atomic E-state index is 0.0318. The molecule has 1 N–H and O–H groups in total. The van der Waals surface area contributed by atoms with Gasteiger partial charge >= 0.3 is 0 Å². The molecule has 2 aromatic rings. The second-order valence-electron chi connectivity index (χ2n) is 4.82. The molecule has 0 radical (unpaired) electrons. The molecule has 8 nitrogen and oxygen atoms in total. The molecule has 0 bridgehead atoms. The highest BCUT2D eigenvalue weighted by atomic mass is 16.1. The van der Waals surface area contributed by atoms with Crippen LogP contribution in [0.3, 0.4) is 0 Å². The van der Waals surface area contributed by atoms with Crippen molar-refractivity contribution < 1.29 is 4.79 Å². The third-order valence-electron chi connectivity index (χ3n) is 3.33. The van der Waals surface area contributed by atoms with Crippen LogP contribution in [-0.4, -0.2) is 35.9 Å². The van der Waals surface area contributed by atoms with E-state index < -0.39 is 0 Å². The lowest BCUT2D eigenvalue weighted by molar-refractivity contribution is -0.122. The quantitative estimate of drug-likeness (QED) is 0.848. The van der Waals surface area contributed by atoms with Gasteiger partial charge in [0.2, 0.25) is 5.91 Å². The van der Waals surface area contributed by atoms with Gasteiger partial charge in [-0.05, 0) is 31.2 Å². The summed E-state index contributed by atoms with van der Waals surface area (Å²) < 4.78 is 3.36. The molecule has 0 saturated carbocycles. The van der Waals surface area contributed by atoms with Crippen LogP contribution in [0.5, 0.6) is 0 Å². The molecule has 0 spiro atoms. The van der Waals surface area contributed by atoms with Crippen molar-refractivity contribution in [1.82, 2.24) is 35.3 Å². The van der Waals surface area contributed by atoms with Gasteiger partial charge in [0.25, 0.3) is 0 Å². The maximum atomic E-state index is 11.9. The molecule has 108 valence electrons. The van der Waals surface area contributed by atoms with E-state index >= 15 is 0 Å². The lowest BCUT2D eigenvalue weighted by Gasteiger charge is -2.14. The number of carbonyl (C=O) groups excluding carboxylic acids is 1. The Morgan fingerprint density at radius 2 is 2.20 bits per heavy atom. The number of nitrogens with one attached hydrogen (secondary N) is 1. The maximum absolute atomic E-state index is 11.9. The minimum atomic E-state index is -0.0647. The highest BCUT2D eigenvalue weighted by molar-refractivity contribution is 5.76. The fourth-order valence-electron chi connectivity index (χ4n) is 2.30. The van der Waals surface area contributed by atoms with Crippen LogP contribution >= 0.6 is 0 Å². The molecular weight excluding hydrogens is 258 g/mol. The van der Waals surface area contributed by atoms with Gasteiger partial charge in [-0.1, -0.05) is 0 Å². The van der Waals surface area contributed by atoms with E-state index in [0.717, 1.165) is 17.0 Å². The Bertz CT molecular complexity index is 587. The first-order valence-electron chi connectivity index (χ1n) is 6.49. The summed E-state index contributed by atoms with van der Waals surface area (Å²) in [6.07, 6.45) is 1.83. The zero-order valence-corrected chi connectivity index (χ0v) is 12.2. The average molecular weight is 277 g/mol. The van der Waals surface area contributed by atoms with Crippen molar-refractivity contribution in [2.45, 2.75) is 39.8 Å². The molecule has 2 heterocycles. The molecule has 0 fully saturated rings. The number of amides is 1. The number of nitrogens with zero attached hydrogens (tertiary/aromatic N) is 6. The first-order chi connectivity index (χ1) is 9.49. The molecule has 20 heavy (non-hydrogen) atoms. The molecule has 0 aliphatic heterocycles. The zero-order valence-electron chi connectivity index (χ0n) is 12.2. The van der Waals surface area contributed by atoms with Gasteiger partial charge in [-0.2, -0.15) is 5.10 Å². The normalized spacial score (nSPS) is 12.4. The van der Waals surface area contributed by atoms with Crippen molar-refractivity contribution >= 4 is 5.91 Å². The number of rotatable bonds is 5. The van der Waals surface area contributed by atoms with Gasteiger partial charge in [0, 0.05) is 24.7 Å². The highest BCUT2D eigenvalue weighted by Crippen LogP contribution is 2.20. The van der Waals surface area contributed by atoms with Crippen LogP contribution in [0.1, 0.15) is 36.3 Å². The summed E-state index contributed by atoms with van der Waals surface area (Å²) >= 11 is 0. The Labute approximate surface area is 117 Å². The van der Waals surface area contributed by atoms with Crippen molar-refractivity contribution in [3.8, 4) is 0 Å². The van der Waals surface area contributed by atoms with E-state index in [-0.39, 0.29) is 11.9 Å². The number of aryl methyl sites for hydroxylation is 3. The van der Waals surface area contributed by atoms with E-state index in [1.54, 1.807) is 0 Å². The monoisotopic (exact) mass is 277 g/mol. The zero-order chi connectivity index (χ0) is 14.7. The number of carbonyl (C=O) groups is 1. The lowest BCUT2D eigenvalue weighted by Crippen LogP contribution is -2.28. The predicted molar refractivity (Wildman–Crippen MR) is 71.7 cm³/mol. The fourth-order valence-corrected chi connectivity index (χ4v) is 2.30. The van der Waals surface area contributed by atoms with Crippen molar-refractivity contribution in [3.63, 3.8) is 0 Å². The molecule has 2 aromatic heterocycles. The van der Waals surface area contributed by atoms with Gasteiger partial charge in [0.05, 0.1) is 18.3 Å². The third kappa shape index (κ3) is 3.01. The van der Waals surface area contributed by atoms with Crippen LogP contribution in [0.25, 0.3) is 0 Å². The molecule has 0 unspecified atom stereocenters. The van der Waals surface area contributed by atoms with Crippen molar-refractivity contribution in [2.24, 2.45) is 7.05 Å². The summed E-state index contributed by atoms with van der Waals surface area (Å²) in [7, 11) is 1.90. The summed E-state index contributed by atoms with van der Waals surface area (Å²) in [5, 5.41) is 18.1. The van der Waals surface area contributed by atoms with E-state index in [9.17, 15) is 4.79 Å². The number of tetrazole rings is 1. The SMILES string of the molecule is Cc1nn(C)c(C)c1[C@H](C)NC(=O)CCn1cnnn1. The number of aromatic nitrogens is 6. The summed E-state index contributed by atoms with van der Waals surface area (Å²) in [5.41, 5.74) is 3.08. The second-order valence-corrected chi connectivity index (χ2v) is 4.82. The molecular formula is C12H19N7O. The number of hydrogen-bond donors (Lipinski definition) is 1. The van der Waals surface area contributed by atoms with E-state index in [0.29, 0.717) is 13.0 Å².